The molecule has 0 radical (unpaired) electrons. The fourth-order valence-corrected chi connectivity index (χ4v) is 5.83. The molecule has 3 aromatic rings. The van der Waals surface area contributed by atoms with Gasteiger partial charge in [0.15, 0.2) is 23.5 Å². The van der Waals surface area contributed by atoms with Crippen molar-refractivity contribution in [3.63, 3.8) is 0 Å². The van der Waals surface area contributed by atoms with Crippen molar-refractivity contribution in [2.75, 3.05) is 13.2 Å². The van der Waals surface area contributed by atoms with Crippen LogP contribution in [0.2, 0.25) is 0 Å². The van der Waals surface area contributed by atoms with Crippen LogP contribution in [-0.4, -0.2) is 131 Å². The molecule has 2 aliphatic heterocycles. The van der Waals surface area contributed by atoms with Gasteiger partial charge in [-0.15, -0.1) is 0 Å². The van der Waals surface area contributed by atoms with Gasteiger partial charge in [-0.1, -0.05) is 12.1 Å². The second-order valence-corrected chi connectivity index (χ2v) is 11.3. The van der Waals surface area contributed by atoms with Crippen LogP contribution in [0.1, 0.15) is 15.9 Å². The van der Waals surface area contributed by atoms with Crippen molar-refractivity contribution in [3.05, 3.63) is 59.4 Å². The van der Waals surface area contributed by atoms with E-state index in [1.807, 2.05) is 0 Å². The molecule has 3 aliphatic rings. The van der Waals surface area contributed by atoms with Crippen LogP contribution in [0.4, 0.5) is 0 Å². The van der Waals surface area contributed by atoms with E-state index < -0.39 is 86.2 Å². The van der Waals surface area contributed by atoms with E-state index in [2.05, 4.69) is 0 Å². The Morgan fingerprint density at radius 1 is 0.696 bits per heavy atom. The predicted molar refractivity (Wildman–Crippen MR) is 155 cm³/mol. The summed E-state index contributed by atoms with van der Waals surface area (Å²) >= 11 is 0. The number of benzene rings is 3. The van der Waals surface area contributed by atoms with Crippen LogP contribution < -0.4 is 4.74 Å². The largest absolute Gasteiger partial charge is 0.504 e. The number of carbonyl (C=O) groups excluding carboxylic acids is 1. The highest BCUT2D eigenvalue weighted by atomic mass is 16.7. The van der Waals surface area contributed by atoms with Crippen LogP contribution in [0, 0.1) is 0 Å². The summed E-state index contributed by atoms with van der Waals surface area (Å²) in [7, 11) is 0. The number of hydrogen-bond donors (Lipinski definition) is 10. The van der Waals surface area contributed by atoms with E-state index in [4.69, 9.17) is 18.9 Å². The minimum Gasteiger partial charge on any atom is -0.504 e. The zero-order valence-electron chi connectivity index (χ0n) is 23.8. The minimum absolute atomic E-state index is 0.0449. The molecule has 10 atom stereocenters. The molecule has 3 aromatic carbocycles. The molecule has 2 heterocycles. The van der Waals surface area contributed by atoms with Gasteiger partial charge < -0.3 is 70.0 Å². The molecule has 10 N–H and O–H groups in total. The van der Waals surface area contributed by atoms with Crippen molar-refractivity contribution in [1.29, 1.82) is 0 Å². The molecule has 0 unspecified atom stereocenters. The van der Waals surface area contributed by atoms with Crippen LogP contribution in [-0.2, 0) is 14.2 Å². The highest BCUT2D eigenvalue weighted by molar-refractivity contribution is 6.23. The Morgan fingerprint density at radius 3 is 2.04 bits per heavy atom. The topological polar surface area (TPSA) is 256 Å². The molecule has 1 aliphatic carbocycles. The van der Waals surface area contributed by atoms with Crippen molar-refractivity contribution in [2.24, 2.45) is 0 Å². The van der Waals surface area contributed by atoms with E-state index in [1.54, 1.807) is 12.1 Å². The quantitative estimate of drug-likeness (QED) is 0.139. The SMILES string of the molecule is O=C1C(O)=Cc2cc(O[C@@H]3O[C@H](CO[C@@H]4O[C@H](CO)[C@@H](O)[C@H](O)[C@H]4O)[C@@H](O)[C@H](O)[C@H]3O)cc3c(-c4ccc(O)c(O)c4)ccc1c23. The Bertz CT molecular complexity index is 1670. The Hall–Kier alpha value is -3.87. The highest BCUT2D eigenvalue weighted by Gasteiger charge is 2.48. The number of hydrogen-bond acceptors (Lipinski definition) is 15. The summed E-state index contributed by atoms with van der Waals surface area (Å²) in [5, 5.41) is 103. The monoisotopic (exact) mass is 644 g/mol. The van der Waals surface area contributed by atoms with Gasteiger partial charge in [-0.25, -0.2) is 0 Å². The number of ketones is 1. The molecule has 0 spiro atoms. The minimum atomic E-state index is -1.80. The van der Waals surface area contributed by atoms with Crippen molar-refractivity contribution >= 4 is 22.6 Å². The number of aromatic hydroxyl groups is 2. The smallest absolute Gasteiger partial charge is 0.229 e. The summed E-state index contributed by atoms with van der Waals surface area (Å²) in [6, 6.07) is 10.2. The number of rotatable bonds is 7. The van der Waals surface area contributed by atoms with Crippen LogP contribution in [0.15, 0.2) is 48.2 Å². The Kier molecular flexibility index (Phi) is 8.64. The zero-order chi connectivity index (χ0) is 33.0. The van der Waals surface area contributed by atoms with Crippen molar-refractivity contribution < 1.29 is 74.8 Å². The molecular weight excluding hydrogens is 612 g/mol. The van der Waals surface area contributed by atoms with Crippen molar-refractivity contribution in [3.8, 4) is 28.4 Å². The molecule has 2 fully saturated rings. The molecule has 46 heavy (non-hydrogen) atoms. The number of aliphatic hydroxyl groups excluding tert-OH is 8. The van der Waals surface area contributed by atoms with E-state index in [9.17, 15) is 55.9 Å². The third kappa shape index (κ3) is 5.56. The van der Waals surface area contributed by atoms with Crippen molar-refractivity contribution in [2.45, 2.75) is 61.4 Å². The molecular formula is C31H32O15. The van der Waals surface area contributed by atoms with Gasteiger partial charge >= 0.3 is 0 Å². The van der Waals surface area contributed by atoms with Crippen molar-refractivity contribution in [1.82, 2.24) is 0 Å². The molecule has 246 valence electrons. The summed E-state index contributed by atoms with van der Waals surface area (Å²) in [4.78, 5) is 12.8. The van der Waals surface area contributed by atoms with Gasteiger partial charge in [0.1, 0.15) is 54.6 Å². The highest BCUT2D eigenvalue weighted by Crippen LogP contribution is 2.41. The lowest BCUT2D eigenvalue weighted by Crippen LogP contribution is -2.62. The van der Waals surface area contributed by atoms with Gasteiger partial charge in [0.2, 0.25) is 12.1 Å². The van der Waals surface area contributed by atoms with Gasteiger partial charge in [0.05, 0.1) is 13.2 Å². The Morgan fingerprint density at radius 2 is 1.35 bits per heavy atom. The van der Waals surface area contributed by atoms with E-state index in [0.717, 1.165) is 0 Å². The van der Waals surface area contributed by atoms with Gasteiger partial charge in [-0.3, -0.25) is 4.79 Å². The fourth-order valence-electron chi connectivity index (χ4n) is 5.83. The number of carbonyl (C=O) groups is 1. The molecule has 0 bridgehead atoms. The molecule has 0 amide bonds. The number of Topliss-reactive ketones (excluding diaryl/α,β-unsaturated/α-hetero) is 1. The number of allylic oxidation sites excluding steroid dienone is 1. The lowest BCUT2D eigenvalue weighted by molar-refractivity contribution is -0.323. The van der Waals surface area contributed by atoms with Gasteiger partial charge in [-0.2, -0.15) is 0 Å². The first kappa shape index (κ1) is 32.1. The number of aliphatic hydroxyl groups is 8. The lowest BCUT2D eigenvalue weighted by atomic mass is 9.87. The average Bonchev–Trinajstić information content (AvgIpc) is 3.04. The van der Waals surface area contributed by atoms with E-state index >= 15 is 0 Å². The lowest BCUT2D eigenvalue weighted by Gasteiger charge is -2.42. The third-order valence-electron chi connectivity index (χ3n) is 8.37. The summed E-state index contributed by atoms with van der Waals surface area (Å²) in [5.74, 6) is -1.82. The summed E-state index contributed by atoms with van der Waals surface area (Å²) in [6.45, 7) is -1.26. The molecule has 6 rings (SSSR count). The van der Waals surface area contributed by atoms with E-state index in [-0.39, 0.29) is 22.8 Å². The van der Waals surface area contributed by atoms with Crippen LogP contribution >= 0.6 is 0 Å². The maximum atomic E-state index is 12.8. The van der Waals surface area contributed by atoms with Gasteiger partial charge in [0, 0.05) is 10.9 Å². The second-order valence-electron chi connectivity index (χ2n) is 11.3. The number of ether oxygens (including phenoxy) is 4. The summed E-state index contributed by atoms with van der Waals surface area (Å²) in [6.07, 6.45) is -14.9. The first-order valence-electron chi connectivity index (χ1n) is 14.3. The van der Waals surface area contributed by atoms with Gasteiger partial charge in [0.25, 0.3) is 0 Å². The first-order chi connectivity index (χ1) is 21.9. The Labute approximate surface area is 259 Å². The van der Waals surface area contributed by atoms with Crippen LogP contribution in [0.5, 0.6) is 17.2 Å². The normalized spacial score (nSPS) is 32.8. The molecule has 15 nitrogen and oxygen atoms in total. The standard InChI is InChI=1S/C31H32O15/c32-9-20-24(37)26(39)28(41)30(45-20)43-10-21-25(38)27(40)29(42)31(46-21)44-13-5-12-7-19(35)23(36)15-3-2-14(16(8-13)22(12)15)11-1-4-17(33)18(34)6-11/h1-8,20-21,24-35,37-42H,9-10H2/t20-,21-,24-,25-,26+,27+,28-,29-,30-,31-/m1/s1. The Balaban J connectivity index is 1.30. The molecule has 15 heteroatoms. The first-order valence-corrected chi connectivity index (χ1v) is 14.3. The maximum absolute atomic E-state index is 12.8. The van der Waals surface area contributed by atoms with Crippen LogP contribution in [0.3, 0.4) is 0 Å². The van der Waals surface area contributed by atoms with Gasteiger partial charge in [-0.05, 0) is 58.5 Å². The predicted octanol–water partition coefficient (Wildman–Crippen LogP) is -0.984. The number of phenols is 2. The average molecular weight is 645 g/mol. The zero-order valence-corrected chi connectivity index (χ0v) is 23.8. The fraction of sp³-hybridized carbons (Fsp3) is 0.387. The number of phenolic OH excluding ortho intramolecular Hbond substituents is 2. The maximum Gasteiger partial charge on any atom is 0.229 e. The van der Waals surface area contributed by atoms with E-state index in [1.165, 1.54) is 36.4 Å². The molecule has 0 aromatic heterocycles. The molecule has 2 saturated heterocycles. The second kappa shape index (κ2) is 12.4. The molecule has 0 saturated carbocycles. The third-order valence-corrected chi connectivity index (χ3v) is 8.37. The van der Waals surface area contributed by atoms with E-state index in [0.29, 0.717) is 27.5 Å². The van der Waals surface area contributed by atoms with Crippen LogP contribution in [0.25, 0.3) is 28.0 Å². The summed E-state index contributed by atoms with van der Waals surface area (Å²) < 4.78 is 22.4. The summed E-state index contributed by atoms with van der Waals surface area (Å²) in [5.41, 5.74) is 1.53.